The van der Waals surface area contributed by atoms with Crippen molar-refractivity contribution in [2.75, 3.05) is 5.32 Å². The number of nitrogens with one attached hydrogen (secondary N) is 1. The summed E-state index contributed by atoms with van der Waals surface area (Å²) in [5, 5.41) is 2.99. The number of amides is 1. The molecule has 0 bridgehead atoms. The number of benzene rings is 2. The predicted molar refractivity (Wildman–Crippen MR) is 101 cm³/mol. The van der Waals surface area contributed by atoms with Gasteiger partial charge in [-0.25, -0.2) is 0 Å². The first-order chi connectivity index (χ1) is 12.1. The number of hydrogen-bond acceptors (Lipinski definition) is 2. The maximum absolute atomic E-state index is 12.7. The van der Waals surface area contributed by atoms with Crippen LogP contribution in [0.2, 0.25) is 0 Å². The Hall–Kier alpha value is -2.42. The smallest absolute Gasteiger partial charge is 0.255 e. The summed E-state index contributed by atoms with van der Waals surface area (Å²) >= 11 is 0. The molecule has 0 spiro atoms. The molecule has 0 aliphatic heterocycles. The van der Waals surface area contributed by atoms with Gasteiger partial charge in [-0.05, 0) is 62.3 Å². The van der Waals surface area contributed by atoms with Gasteiger partial charge in [0.2, 0.25) is 0 Å². The number of aryl methyl sites for hydroxylation is 1. The van der Waals surface area contributed by atoms with Crippen LogP contribution in [0.15, 0.2) is 48.5 Å². The third kappa shape index (κ3) is 4.79. The molecule has 1 atom stereocenters. The molecule has 1 amide bonds. The highest BCUT2D eigenvalue weighted by molar-refractivity contribution is 6.05. The van der Waals surface area contributed by atoms with Gasteiger partial charge in [0.1, 0.15) is 5.78 Å². The first-order valence-electron chi connectivity index (χ1n) is 9.09. The average molecular weight is 335 g/mol. The molecule has 2 aromatic rings. The molecule has 3 nitrogen and oxygen atoms in total. The fraction of sp³-hybridized carbons (Fsp3) is 0.364. The second-order valence-electron chi connectivity index (χ2n) is 7.02. The minimum Gasteiger partial charge on any atom is -0.322 e. The number of anilines is 1. The van der Waals surface area contributed by atoms with Crippen LogP contribution in [0.4, 0.5) is 5.69 Å². The van der Waals surface area contributed by atoms with Crippen LogP contribution < -0.4 is 5.32 Å². The summed E-state index contributed by atoms with van der Waals surface area (Å²) in [4.78, 5) is 24.3. The van der Waals surface area contributed by atoms with E-state index in [4.69, 9.17) is 0 Å². The molecular weight excluding hydrogens is 310 g/mol. The van der Waals surface area contributed by atoms with E-state index in [2.05, 4.69) is 5.32 Å². The van der Waals surface area contributed by atoms with E-state index in [0.29, 0.717) is 24.5 Å². The molecular formula is C22H25NO2. The van der Waals surface area contributed by atoms with E-state index in [1.54, 1.807) is 0 Å². The first kappa shape index (κ1) is 17.4. The third-order valence-corrected chi connectivity index (χ3v) is 4.98. The van der Waals surface area contributed by atoms with Crippen molar-refractivity contribution in [2.24, 2.45) is 5.92 Å². The van der Waals surface area contributed by atoms with E-state index >= 15 is 0 Å². The second-order valence-corrected chi connectivity index (χ2v) is 7.02. The van der Waals surface area contributed by atoms with E-state index in [-0.39, 0.29) is 5.91 Å². The molecule has 0 radical (unpaired) electrons. The summed E-state index contributed by atoms with van der Waals surface area (Å²) in [7, 11) is 0. The maximum atomic E-state index is 12.7. The molecule has 0 saturated heterocycles. The van der Waals surface area contributed by atoms with Gasteiger partial charge in [-0.1, -0.05) is 35.9 Å². The summed E-state index contributed by atoms with van der Waals surface area (Å²) in [6.45, 7) is 2.03. The fourth-order valence-corrected chi connectivity index (χ4v) is 3.49. The van der Waals surface area contributed by atoms with Crippen molar-refractivity contribution < 1.29 is 9.59 Å². The van der Waals surface area contributed by atoms with Gasteiger partial charge in [0.05, 0.1) is 0 Å². The topological polar surface area (TPSA) is 46.2 Å². The Balaban J connectivity index is 1.72. The van der Waals surface area contributed by atoms with Gasteiger partial charge in [-0.3, -0.25) is 9.59 Å². The standard InChI is InChI=1S/C22H25NO2/c1-16-9-12-19(13-10-16)23-22(25)21-8-3-2-6-18(21)15-17-5-4-7-20(24)14-11-17/h2-3,6,8-10,12-13,17H,4-5,7,11,14-15H2,1H3,(H,23,25). The quantitative estimate of drug-likeness (QED) is 0.805. The van der Waals surface area contributed by atoms with Crippen molar-refractivity contribution in [2.45, 2.75) is 45.4 Å². The lowest BCUT2D eigenvalue weighted by atomic mass is 9.90. The molecule has 1 unspecified atom stereocenters. The van der Waals surface area contributed by atoms with Crippen LogP contribution in [0.25, 0.3) is 0 Å². The molecule has 0 heterocycles. The van der Waals surface area contributed by atoms with E-state index in [1.807, 2.05) is 55.5 Å². The fourth-order valence-electron chi connectivity index (χ4n) is 3.49. The maximum Gasteiger partial charge on any atom is 0.255 e. The van der Waals surface area contributed by atoms with Crippen molar-refractivity contribution in [3.63, 3.8) is 0 Å². The molecule has 1 saturated carbocycles. The Morgan fingerprint density at radius 1 is 1.04 bits per heavy atom. The Morgan fingerprint density at radius 3 is 2.60 bits per heavy atom. The van der Waals surface area contributed by atoms with Crippen LogP contribution >= 0.6 is 0 Å². The van der Waals surface area contributed by atoms with E-state index in [0.717, 1.165) is 42.5 Å². The largest absolute Gasteiger partial charge is 0.322 e. The zero-order chi connectivity index (χ0) is 17.6. The minimum absolute atomic E-state index is 0.0656. The van der Waals surface area contributed by atoms with Crippen LogP contribution in [0.3, 0.4) is 0 Å². The highest BCUT2D eigenvalue weighted by Gasteiger charge is 2.19. The van der Waals surface area contributed by atoms with Crippen molar-refractivity contribution in [1.82, 2.24) is 0 Å². The van der Waals surface area contributed by atoms with Crippen LogP contribution in [-0.4, -0.2) is 11.7 Å². The number of carbonyl (C=O) groups is 2. The Bertz CT molecular complexity index is 749. The van der Waals surface area contributed by atoms with Crippen LogP contribution in [0, 0.1) is 12.8 Å². The molecule has 1 fully saturated rings. The van der Waals surface area contributed by atoms with E-state index in [9.17, 15) is 9.59 Å². The van der Waals surface area contributed by atoms with Gasteiger partial charge < -0.3 is 5.32 Å². The molecule has 3 rings (SSSR count). The molecule has 130 valence electrons. The predicted octanol–water partition coefficient (Wildman–Crippen LogP) is 4.94. The van der Waals surface area contributed by atoms with Crippen molar-refractivity contribution in [3.05, 3.63) is 65.2 Å². The normalized spacial score (nSPS) is 17.8. The Morgan fingerprint density at radius 2 is 1.80 bits per heavy atom. The lowest BCUT2D eigenvalue weighted by molar-refractivity contribution is -0.118. The van der Waals surface area contributed by atoms with Gasteiger partial charge in [0.15, 0.2) is 0 Å². The summed E-state index contributed by atoms with van der Waals surface area (Å²) in [6, 6.07) is 15.6. The molecule has 1 aliphatic carbocycles. The molecule has 2 aromatic carbocycles. The number of carbonyl (C=O) groups excluding carboxylic acids is 2. The molecule has 25 heavy (non-hydrogen) atoms. The van der Waals surface area contributed by atoms with Crippen LogP contribution in [0.1, 0.15) is 53.6 Å². The zero-order valence-electron chi connectivity index (χ0n) is 14.8. The number of ketones is 1. The number of hydrogen-bond donors (Lipinski definition) is 1. The summed E-state index contributed by atoms with van der Waals surface area (Å²) < 4.78 is 0. The lowest BCUT2D eigenvalue weighted by Gasteiger charge is -2.16. The summed E-state index contributed by atoms with van der Waals surface area (Å²) in [5.74, 6) is 0.803. The van der Waals surface area contributed by atoms with E-state index in [1.165, 1.54) is 5.56 Å². The minimum atomic E-state index is -0.0656. The van der Waals surface area contributed by atoms with Gasteiger partial charge in [-0.15, -0.1) is 0 Å². The van der Waals surface area contributed by atoms with Gasteiger partial charge in [-0.2, -0.15) is 0 Å². The highest BCUT2D eigenvalue weighted by Crippen LogP contribution is 2.26. The van der Waals surface area contributed by atoms with Crippen molar-refractivity contribution in [1.29, 1.82) is 0 Å². The monoisotopic (exact) mass is 335 g/mol. The summed E-state index contributed by atoms with van der Waals surface area (Å²) in [6.07, 6.45) is 5.24. The van der Waals surface area contributed by atoms with Crippen molar-refractivity contribution in [3.8, 4) is 0 Å². The Kier molecular flexibility index (Phi) is 5.64. The molecule has 1 aliphatic rings. The Labute approximate surface area is 149 Å². The molecule has 1 N–H and O–H groups in total. The average Bonchev–Trinajstić information content (AvgIpc) is 2.82. The first-order valence-corrected chi connectivity index (χ1v) is 9.09. The SMILES string of the molecule is Cc1ccc(NC(=O)c2ccccc2CC2CCCC(=O)CC2)cc1. The molecule has 3 heteroatoms. The van der Waals surface area contributed by atoms with Gasteiger partial charge >= 0.3 is 0 Å². The van der Waals surface area contributed by atoms with E-state index < -0.39 is 0 Å². The van der Waals surface area contributed by atoms with Gasteiger partial charge in [0, 0.05) is 24.1 Å². The molecule has 0 aromatic heterocycles. The zero-order valence-corrected chi connectivity index (χ0v) is 14.8. The van der Waals surface area contributed by atoms with Crippen molar-refractivity contribution >= 4 is 17.4 Å². The number of Topliss-reactive ketones (excluding diaryl/α,β-unsaturated/α-hetero) is 1. The van der Waals surface area contributed by atoms with Crippen LogP contribution in [-0.2, 0) is 11.2 Å². The highest BCUT2D eigenvalue weighted by atomic mass is 16.1. The number of rotatable bonds is 4. The second kappa shape index (κ2) is 8.11. The lowest BCUT2D eigenvalue weighted by Crippen LogP contribution is -2.16. The van der Waals surface area contributed by atoms with Gasteiger partial charge in [0.25, 0.3) is 5.91 Å². The van der Waals surface area contributed by atoms with Crippen LogP contribution in [0.5, 0.6) is 0 Å². The third-order valence-electron chi connectivity index (χ3n) is 4.98. The summed E-state index contributed by atoms with van der Waals surface area (Å²) in [5.41, 5.74) is 3.79.